The fourth-order valence-electron chi connectivity index (χ4n) is 8.66. The second kappa shape index (κ2) is 15.0. The van der Waals surface area contributed by atoms with Crippen molar-refractivity contribution in [1.82, 2.24) is 4.98 Å². The van der Waals surface area contributed by atoms with Crippen molar-refractivity contribution in [3.8, 4) is 73.4 Å². The highest BCUT2D eigenvalue weighted by Crippen LogP contribution is 2.48. The minimum atomic E-state index is -0.888. The van der Waals surface area contributed by atoms with Gasteiger partial charge in [0, 0.05) is 17.1 Å². The molecule has 0 aliphatic heterocycles. The number of pyridine rings is 1. The Hall–Kier alpha value is -6.08. The normalized spacial score (nSPS) is 11.7. The van der Waals surface area contributed by atoms with E-state index in [4.69, 9.17) is 114 Å². The van der Waals surface area contributed by atoms with Crippen LogP contribution in [-0.2, 0) is 0 Å². The summed E-state index contributed by atoms with van der Waals surface area (Å²) in [7, 11) is 91.8. The van der Waals surface area contributed by atoms with Crippen molar-refractivity contribution in [3.63, 3.8) is 0 Å². The third kappa shape index (κ3) is 5.71. The molecule has 9 aromatic rings. The van der Waals surface area contributed by atoms with Crippen LogP contribution < -0.4 is 76.5 Å². The smallest absolute Gasteiger partial charge is 0.200 e. The van der Waals surface area contributed by atoms with Crippen molar-refractivity contribution in [3.05, 3.63) is 48.7 Å². The zero-order chi connectivity index (χ0) is 46.3. The second-order valence-electron chi connectivity index (χ2n) is 15.2. The topological polar surface area (TPSA) is 127 Å². The monoisotopic (exact) mass is 793 g/mol. The predicted octanol–water partition coefficient (Wildman–Crippen LogP) is -6.40. The summed E-state index contributed by atoms with van der Waals surface area (Å²) in [5.41, 5.74) is -0.788. The van der Waals surface area contributed by atoms with Gasteiger partial charge in [-0.3, -0.25) is 4.98 Å². The van der Waals surface area contributed by atoms with E-state index in [1.165, 1.54) is 6.20 Å². The van der Waals surface area contributed by atoms with Crippen LogP contribution in [0.4, 0.5) is 0 Å². The molecule has 0 amide bonds. The van der Waals surface area contributed by atoms with Crippen molar-refractivity contribution in [2.45, 2.75) is 0 Å². The van der Waals surface area contributed by atoms with Crippen LogP contribution in [0.15, 0.2) is 53.1 Å². The Morgan fingerprint density at radius 3 is 1.27 bits per heavy atom. The summed E-state index contributed by atoms with van der Waals surface area (Å²) in [4.78, 5) is 4.57. The third-order valence-electron chi connectivity index (χ3n) is 11.9. The van der Waals surface area contributed by atoms with E-state index in [0.717, 1.165) is 0 Å². The van der Waals surface area contributed by atoms with Crippen LogP contribution in [-0.4, -0.2) is 140 Å². The van der Waals surface area contributed by atoms with Crippen LogP contribution in [0.2, 0.25) is 0 Å². The van der Waals surface area contributed by atoms with Gasteiger partial charge in [0.25, 0.3) is 0 Å². The number of benzene rings is 7. The van der Waals surface area contributed by atoms with E-state index >= 15 is 0 Å². The molecule has 0 aliphatic carbocycles. The number of nitrogens with zero attached hydrogens (tertiary/aromatic N) is 1. The summed E-state index contributed by atoms with van der Waals surface area (Å²) in [6, 6.07) is 11.7. The number of hydrogen-bond donors (Lipinski definition) is 5. The van der Waals surface area contributed by atoms with Gasteiger partial charge >= 0.3 is 0 Å². The van der Waals surface area contributed by atoms with Gasteiger partial charge in [0.2, 0.25) is 5.75 Å². The van der Waals surface area contributed by atoms with Gasteiger partial charge in [-0.2, -0.15) is 0 Å². The van der Waals surface area contributed by atoms with E-state index in [0.29, 0.717) is 27.9 Å². The van der Waals surface area contributed by atoms with Gasteiger partial charge in [-0.25, -0.2) is 0 Å². The molecule has 21 heteroatoms. The number of hydrogen-bond acceptors (Lipinski definition) is 7. The summed E-state index contributed by atoms with van der Waals surface area (Å²) < 4.78 is 6.05. The predicted molar refractivity (Wildman–Crippen MR) is 272 cm³/mol. The number of phenolic OH excluding ortho intramolecular Hbond substituents is 5. The quantitative estimate of drug-likeness (QED) is 0.0683. The van der Waals surface area contributed by atoms with E-state index in [-0.39, 0.29) is 137 Å². The molecule has 0 unspecified atom stereocenters. The molecular weight excluding hydrogens is 778 g/mol. The molecule has 64 heavy (non-hydrogen) atoms. The first-order valence-corrected chi connectivity index (χ1v) is 18.9. The lowest BCUT2D eigenvalue weighted by molar-refractivity contribution is 0.373. The van der Waals surface area contributed by atoms with Gasteiger partial charge in [0.1, 0.15) is 133 Å². The average Bonchev–Trinajstić information content (AvgIpc) is 3.70. The van der Waals surface area contributed by atoms with E-state index in [2.05, 4.69) is 4.98 Å². The third-order valence-corrected chi connectivity index (χ3v) is 11.9. The molecule has 9 rings (SSSR count). The van der Waals surface area contributed by atoms with Crippen molar-refractivity contribution in [2.75, 3.05) is 0 Å². The molecule has 0 aliphatic rings. The molecule has 7 aromatic carbocycles. The maximum absolute atomic E-state index is 11.4. The lowest BCUT2D eigenvalue weighted by Crippen LogP contribution is -2.55. The van der Waals surface area contributed by atoms with E-state index in [1.807, 2.05) is 0 Å². The first kappa shape index (κ1) is 43.2. The van der Waals surface area contributed by atoms with Crippen molar-refractivity contribution in [2.24, 2.45) is 0 Å². The SMILES string of the molecule is [B]c1c([B])c([B])c(-c2c3c([B])c([B])c(O)c([B])c3c(-c3ccc(-c4c([B])c([B])c5oc6c([B])c(O)c(O)c(O)c6c5c4-c4ccccn4)cc3)c3c([B])c(O)c([B])c([B])c23)c([B])c1[B]. The minimum Gasteiger partial charge on any atom is -0.509 e. The lowest BCUT2D eigenvalue weighted by atomic mass is 9.58. The molecule has 2 aromatic heterocycles. The highest BCUT2D eigenvalue weighted by atomic mass is 16.3. The molecule has 0 saturated heterocycles. The number of fused-ring (bicyclic) bond motifs is 5. The summed E-state index contributed by atoms with van der Waals surface area (Å²) in [5.74, 6) is -3.59. The van der Waals surface area contributed by atoms with Gasteiger partial charge in [-0.05, 0) is 83.4 Å². The van der Waals surface area contributed by atoms with Gasteiger partial charge in [0.05, 0.1) is 11.1 Å². The van der Waals surface area contributed by atoms with Crippen LogP contribution in [0.5, 0.6) is 28.7 Å². The highest BCUT2D eigenvalue weighted by molar-refractivity contribution is 6.71. The molecule has 2 heterocycles. The molecule has 268 valence electrons. The zero-order valence-corrected chi connectivity index (χ0v) is 33.3. The van der Waals surface area contributed by atoms with Crippen molar-refractivity contribution < 1.29 is 29.9 Å². The van der Waals surface area contributed by atoms with E-state index in [1.54, 1.807) is 42.5 Å². The van der Waals surface area contributed by atoms with Crippen molar-refractivity contribution >= 4 is 230 Å². The summed E-state index contributed by atoms with van der Waals surface area (Å²) >= 11 is 0. The Morgan fingerprint density at radius 2 is 0.766 bits per heavy atom. The van der Waals surface area contributed by atoms with E-state index < -0.39 is 28.7 Å². The molecule has 0 bridgehead atoms. The fourth-order valence-corrected chi connectivity index (χ4v) is 8.66. The van der Waals surface area contributed by atoms with Crippen LogP contribution in [0.3, 0.4) is 0 Å². The lowest BCUT2D eigenvalue weighted by Gasteiger charge is -2.30. The Labute approximate surface area is 384 Å². The molecular formula is C43H13B14NO6. The maximum Gasteiger partial charge on any atom is 0.200 e. The number of phenols is 5. The Balaban J connectivity index is 1.44. The number of rotatable bonds is 4. The molecule has 0 spiro atoms. The number of furan rings is 1. The zero-order valence-electron chi connectivity index (χ0n) is 33.3. The van der Waals surface area contributed by atoms with Gasteiger partial charge < -0.3 is 29.9 Å². The number of aromatic hydroxyl groups is 5. The second-order valence-corrected chi connectivity index (χ2v) is 15.2. The number of aromatic nitrogens is 1. The summed E-state index contributed by atoms with van der Waals surface area (Å²) in [6.45, 7) is 0. The largest absolute Gasteiger partial charge is 0.509 e. The molecule has 7 nitrogen and oxygen atoms in total. The molecule has 0 fully saturated rings. The fraction of sp³-hybridized carbons (Fsp3) is 0. The Bertz CT molecular complexity index is 3490. The molecule has 5 N–H and O–H groups in total. The van der Waals surface area contributed by atoms with Crippen LogP contribution in [0.1, 0.15) is 0 Å². The molecule has 0 saturated carbocycles. The molecule has 0 atom stereocenters. The maximum atomic E-state index is 11.4. The van der Waals surface area contributed by atoms with Gasteiger partial charge in [-0.1, -0.05) is 74.0 Å². The Morgan fingerprint density at radius 1 is 0.312 bits per heavy atom. The first-order chi connectivity index (χ1) is 30.2. The average molecular weight is 791 g/mol. The summed E-state index contributed by atoms with van der Waals surface area (Å²) in [6.07, 6.45) is 1.53. The summed E-state index contributed by atoms with van der Waals surface area (Å²) in [5, 5.41) is 55.6. The standard InChI is InChI=1S/C43H13B14NO6/c44-23-13(14(11-3-1-2-8-58-11)20-22-37(59)41(63)40(62)36(57)43(22)64-42(20)35(23)56)10-6-4-9(5-7-10)12-16-18(24(45)33(54)38(60)28(16)49)15(19-17(12)29(50)39(61)34(55)25(19)46)21-26(47)30(51)32(53)31(52)27(21)48/h1-8,59-63H. The van der Waals surface area contributed by atoms with Gasteiger partial charge in [-0.15, -0.1) is 16.4 Å². The molecule has 28 radical (unpaired) electrons. The Kier molecular flexibility index (Phi) is 10.1. The minimum absolute atomic E-state index is 0.00193. The highest BCUT2D eigenvalue weighted by Gasteiger charge is 2.30. The van der Waals surface area contributed by atoms with Gasteiger partial charge in [0.15, 0.2) is 11.5 Å². The van der Waals surface area contributed by atoms with Crippen LogP contribution in [0, 0.1) is 0 Å². The van der Waals surface area contributed by atoms with Crippen LogP contribution >= 0.6 is 0 Å². The van der Waals surface area contributed by atoms with Crippen molar-refractivity contribution in [1.29, 1.82) is 0 Å². The first-order valence-electron chi connectivity index (χ1n) is 18.9. The van der Waals surface area contributed by atoms with E-state index in [9.17, 15) is 25.5 Å². The van der Waals surface area contributed by atoms with Crippen LogP contribution in [0.25, 0.3) is 88.1 Å².